The second kappa shape index (κ2) is 5.41. The topological polar surface area (TPSA) is 18.5 Å². The van der Waals surface area contributed by atoms with Crippen LogP contribution in [0.15, 0.2) is 0 Å². The van der Waals surface area contributed by atoms with Gasteiger partial charge >= 0.3 is 0 Å². The lowest BCUT2D eigenvalue weighted by molar-refractivity contribution is -0.224. The first-order chi connectivity index (χ1) is 7.77. The lowest BCUT2D eigenvalue weighted by Crippen LogP contribution is -2.53. The quantitative estimate of drug-likeness (QED) is 0.719. The predicted molar refractivity (Wildman–Crippen MR) is 70.1 cm³/mol. The van der Waals surface area contributed by atoms with Gasteiger partial charge in [-0.3, -0.25) is 0 Å². The van der Waals surface area contributed by atoms with E-state index in [9.17, 15) is 8.78 Å². The number of hydrogen-bond acceptors (Lipinski definition) is 2. The predicted octanol–water partition coefficient (Wildman–Crippen LogP) is 4.14. The largest absolute Gasteiger partial charge is 0.384 e. The molecule has 0 aliphatic heterocycles. The summed E-state index contributed by atoms with van der Waals surface area (Å²) in [5, 5.41) is 0. The van der Waals surface area contributed by atoms with Crippen LogP contribution in [0.25, 0.3) is 0 Å². The average molecular weight is 266 g/mol. The molecule has 4 heteroatoms. The first kappa shape index (κ1) is 17.8. The van der Waals surface area contributed by atoms with E-state index in [1.54, 1.807) is 0 Å². The summed E-state index contributed by atoms with van der Waals surface area (Å²) in [4.78, 5) is 0. The van der Waals surface area contributed by atoms with Crippen molar-refractivity contribution in [3.63, 3.8) is 0 Å². The minimum atomic E-state index is -2.89. The molecule has 0 fully saturated rings. The molecule has 18 heavy (non-hydrogen) atoms. The Balaban J connectivity index is 4.95. The molecule has 0 aromatic heterocycles. The number of alkyl halides is 2. The lowest BCUT2D eigenvalue weighted by atomic mass is 9.71. The van der Waals surface area contributed by atoms with E-state index in [0.29, 0.717) is 0 Å². The Morgan fingerprint density at radius 1 is 0.778 bits per heavy atom. The summed E-state index contributed by atoms with van der Waals surface area (Å²) in [6, 6.07) is 0. The zero-order valence-corrected chi connectivity index (χ0v) is 13.0. The molecule has 0 aliphatic carbocycles. The van der Waals surface area contributed by atoms with Gasteiger partial charge in [0.25, 0.3) is 5.92 Å². The third kappa shape index (κ3) is 4.16. The molecule has 0 unspecified atom stereocenters. The molecule has 0 N–H and O–H groups in total. The zero-order valence-electron chi connectivity index (χ0n) is 13.0. The highest BCUT2D eigenvalue weighted by Gasteiger charge is 2.57. The molecule has 0 saturated heterocycles. The van der Waals surface area contributed by atoms with E-state index in [1.165, 1.54) is 34.8 Å². The van der Waals surface area contributed by atoms with Gasteiger partial charge in [-0.15, -0.1) is 0 Å². The minimum Gasteiger partial charge on any atom is -0.384 e. The SMILES string of the molecule is COCC(C)(C)C(F)(F)C(C)(C)COC(C)(C)C. The van der Waals surface area contributed by atoms with Crippen molar-refractivity contribution >= 4 is 0 Å². The number of rotatable bonds is 6. The molecule has 0 aromatic rings. The van der Waals surface area contributed by atoms with Gasteiger partial charge in [0.05, 0.1) is 29.6 Å². The summed E-state index contributed by atoms with van der Waals surface area (Å²) in [5.74, 6) is -2.89. The summed E-state index contributed by atoms with van der Waals surface area (Å²) in [7, 11) is 1.44. The van der Waals surface area contributed by atoms with Gasteiger partial charge in [0, 0.05) is 7.11 Å². The van der Waals surface area contributed by atoms with Gasteiger partial charge in [-0.1, -0.05) is 27.7 Å². The minimum absolute atomic E-state index is 0.0106. The molecule has 0 radical (unpaired) electrons. The molecule has 0 aromatic carbocycles. The second-order valence-corrected chi connectivity index (χ2v) is 7.18. The van der Waals surface area contributed by atoms with Crippen molar-refractivity contribution in [2.45, 2.75) is 60.0 Å². The average Bonchev–Trinajstić information content (AvgIpc) is 2.13. The Morgan fingerprint density at radius 3 is 1.50 bits per heavy atom. The van der Waals surface area contributed by atoms with E-state index >= 15 is 0 Å². The number of ether oxygens (including phenoxy) is 2. The number of hydrogen-bond donors (Lipinski definition) is 0. The van der Waals surface area contributed by atoms with Crippen LogP contribution in [-0.2, 0) is 9.47 Å². The van der Waals surface area contributed by atoms with Gasteiger partial charge in [-0.25, -0.2) is 8.78 Å². The second-order valence-electron chi connectivity index (χ2n) is 7.18. The Hall–Kier alpha value is -0.220. The van der Waals surface area contributed by atoms with Crippen molar-refractivity contribution < 1.29 is 18.3 Å². The first-order valence-electron chi connectivity index (χ1n) is 6.27. The summed E-state index contributed by atoms with van der Waals surface area (Å²) in [5.41, 5.74) is -2.90. The van der Waals surface area contributed by atoms with Crippen LogP contribution in [0, 0.1) is 10.8 Å². The van der Waals surface area contributed by atoms with Crippen molar-refractivity contribution in [2.24, 2.45) is 10.8 Å². The van der Waals surface area contributed by atoms with Gasteiger partial charge in [0.2, 0.25) is 0 Å². The summed E-state index contributed by atoms with van der Waals surface area (Å²) < 4.78 is 39.6. The summed E-state index contributed by atoms with van der Waals surface area (Å²) in [6.45, 7) is 11.7. The highest BCUT2D eigenvalue weighted by atomic mass is 19.3. The van der Waals surface area contributed by atoms with Crippen LogP contribution in [0.2, 0.25) is 0 Å². The highest BCUT2D eigenvalue weighted by molar-refractivity contribution is 4.96. The smallest absolute Gasteiger partial charge is 0.262 e. The van der Waals surface area contributed by atoms with Crippen LogP contribution in [0.4, 0.5) is 8.78 Å². The third-order valence-corrected chi connectivity index (χ3v) is 3.07. The van der Waals surface area contributed by atoms with Crippen LogP contribution < -0.4 is 0 Å². The van der Waals surface area contributed by atoms with Crippen LogP contribution >= 0.6 is 0 Å². The molecule has 0 spiro atoms. The molecule has 0 saturated carbocycles. The highest BCUT2D eigenvalue weighted by Crippen LogP contribution is 2.49. The van der Waals surface area contributed by atoms with E-state index in [0.717, 1.165) is 0 Å². The Kier molecular flexibility index (Phi) is 5.35. The van der Waals surface area contributed by atoms with Crippen molar-refractivity contribution in [1.82, 2.24) is 0 Å². The molecule has 110 valence electrons. The molecule has 2 nitrogen and oxygen atoms in total. The van der Waals surface area contributed by atoms with Gasteiger partial charge in [-0.2, -0.15) is 0 Å². The van der Waals surface area contributed by atoms with Gasteiger partial charge in [0.1, 0.15) is 0 Å². The van der Waals surface area contributed by atoms with Crippen LogP contribution in [0.5, 0.6) is 0 Å². The maximum Gasteiger partial charge on any atom is 0.262 e. The van der Waals surface area contributed by atoms with Crippen molar-refractivity contribution in [3.8, 4) is 0 Å². The van der Waals surface area contributed by atoms with E-state index < -0.39 is 22.4 Å². The Morgan fingerprint density at radius 2 is 1.17 bits per heavy atom. The molecule has 0 atom stereocenters. The molecule has 0 amide bonds. The number of methoxy groups -OCH3 is 1. The van der Waals surface area contributed by atoms with Gasteiger partial charge in [0.15, 0.2) is 0 Å². The molecular weight excluding hydrogens is 238 g/mol. The van der Waals surface area contributed by atoms with E-state index in [1.807, 2.05) is 20.8 Å². The Bertz CT molecular complexity index is 265. The monoisotopic (exact) mass is 266 g/mol. The first-order valence-corrected chi connectivity index (χ1v) is 6.27. The van der Waals surface area contributed by atoms with Crippen LogP contribution in [0.3, 0.4) is 0 Å². The molecule has 0 aliphatic rings. The van der Waals surface area contributed by atoms with E-state index in [2.05, 4.69) is 0 Å². The van der Waals surface area contributed by atoms with E-state index in [-0.39, 0.29) is 13.2 Å². The van der Waals surface area contributed by atoms with Crippen LogP contribution in [0.1, 0.15) is 48.5 Å². The fraction of sp³-hybridized carbons (Fsp3) is 1.00. The summed E-state index contributed by atoms with van der Waals surface area (Å²) in [6.07, 6.45) is 0. The van der Waals surface area contributed by atoms with Crippen molar-refractivity contribution in [1.29, 1.82) is 0 Å². The normalized spacial score (nSPS) is 15.0. The van der Waals surface area contributed by atoms with Crippen LogP contribution in [-0.4, -0.2) is 31.8 Å². The van der Waals surface area contributed by atoms with Gasteiger partial charge in [-0.05, 0) is 20.8 Å². The third-order valence-electron chi connectivity index (χ3n) is 3.07. The maximum absolute atomic E-state index is 14.6. The molecular formula is C14H28F2O2. The van der Waals surface area contributed by atoms with Gasteiger partial charge < -0.3 is 9.47 Å². The molecule has 0 rings (SSSR count). The standard InChI is InChI=1S/C14H28F2O2/c1-11(2,3)18-10-13(6,7)14(15,16)12(4,5)9-17-8/h9-10H2,1-8H3. The van der Waals surface area contributed by atoms with Crippen molar-refractivity contribution in [3.05, 3.63) is 0 Å². The fourth-order valence-electron chi connectivity index (χ4n) is 1.86. The Labute approximate surface area is 110 Å². The number of halogens is 2. The fourth-order valence-corrected chi connectivity index (χ4v) is 1.86. The molecule has 0 heterocycles. The zero-order chi connectivity index (χ0) is 14.8. The van der Waals surface area contributed by atoms with E-state index in [4.69, 9.17) is 9.47 Å². The summed E-state index contributed by atoms with van der Waals surface area (Å²) >= 11 is 0. The molecule has 0 bridgehead atoms. The maximum atomic E-state index is 14.6. The van der Waals surface area contributed by atoms with Crippen molar-refractivity contribution in [2.75, 3.05) is 20.3 Å². The lowest BCUT2D eigenvalue weighted by Gasteiger charge is -2.44.